The Labute approximate surface area is 125 Å². The van der Waals surface area contributed by atoms with Crippen molar-refractivity contribution in [3.63, 3.8) is 0 Å². The second kappa shape index (κ2) is 7.09. The van der Waals surface area contributed by atoms with Gasteiger partial charge in [0.05, 0.1) is 11.6 Å². The quantitative estimate of drug-likeness (QED) is 0.909. The first-order valence-electron chi connectivity index (χ1n) is 7.19. The molecule has 2 atom stereocenters. The third-order valence-corrected chi connectivity index (χ3v) is 3.81. The number of rotatable bonds is 4. The Morgan fingerprint density at radius 2 is 2.19 bits per heavy atom. The summed E-state index contributed by atoms with van der Waals surface area (Å²) in [6, 6.07) is 9.01. The number of likely N-dealkylation sites (tertiary alicyclic amines) is 1. The molecule has 0 saturated carbocycles. The van der Waals surface area contributed by atoms with E-state index in [0.29, 0.717) is 17.2 Å². The first-order valence-corrected chi connectivity index (χ1v) is 7.19. The van der Waals surface area contributed by atoms with Crippen molar-refractivity contribution >= 4 is 5.91 Å². The molecule has 0 spiro atoms. The van der Waals surface area contributed by atoms with Crippen molar-refractivity contribution in [2.45, 2.75) is 19.4 Å². The summed E-state index contributed by atoms with van der Waals surface area (Å²) in [7, 11) is 2.10. The Balaban J connectivity index is 1.78. The van der Waals surface area contributed by atoms with Crippen LogP contribution in [-0.4, -0.2) is 43.6 Å². The fourth-order valence-corrected chi connectivity index (χ4v) is 2.59. The highest BCUT2D eigenvalue weighted by atomic mass is 16.5. The molecule has 1 heterocycles. The third kappa shape index (κ3) is 4.47. The molecule has 1 N–H and O–H groups in total. The standard InChI is InChI=1S/C16H21N3O2/c1-12-10-19(2)8-7-15(12)18-16(20)11-21-14-5-3-13(9-17)4-6-14/h3-6,12,15H,7-8,10-11H2,1-2H3,(H,18,20). The fraction of sp³-hybridized carbons (Fsp3) is 0.500. The van der Waals surface area contributed by atoms with Crippen LogP contribution in [0.1, 0.15) is 18.9 Å². The van der Waals surface area contributed by atoms with Crippen LogP contribution in [0.2, 0.25) is 0 Å². The lowest BCUT2D eigenvalue weighted by Crippen LogP contribution is -2.49. The largest absolute Gasteiger partial charge is 0.484 e. The summed E-state index contributed by atoms with van der Waals surface area (Å²) in [5.74, 6) is 0.948. The molecule has 5 nitrogen and oxygen atoms in total. The maximum atomic E-state index is 11.9. The first-order chi connectivity index (χ1) is 10.1. The summed E-state index contributed by atoms with van der Waals surface area (Å²) in [4.78, 5) is 14.2. The molecule has 1 amide bonds. The van der Waals surface area contributed by atoms with Gasteiger partial charge in [-0.2, -0.15) is 5.26 Å². The van der Waals surface area contributed by atoms with Gasteiger partial charge in [-0.15, -0.1) is 0 Å². The molecule has 1 aliphatic heterocycles. The molecule has 0 aliphatic carbocycles. The lowest BCUT2D eigenvalue weighted by molar-refractivity contribution is -0.124. The number of nitrogens with one attached hydrogen (secondary N) is 1. The van der Waals surface area contributed by atoms with Gasteiger partial charge < -0.3 is 15.0 Å². The molecule has 0 bridgehead atoms. The maximum absolute atomic E-state index is 11.9. The van der Waals surface area contributed by atoms with Gasteiger partial charge in [-0.3, -0.25) is 4.79 Å². The zero-order chi connectivity index (χ0) is 15.2. The molecule has 21 heavy (non-hydrogen) atoms. The number of piperidine rings is 1. The van der Waals surface area contributed by atoms with Gasteiger partial charge >= 0.3 is 0 Å². The molecule has 1 aromatic rings. The van der Waals surface area contributed by atoms with Crippen LogP contribution in [0.15, 0.2) is 24.3 Å². The van der Waals surface area contributed by atoms with E-state index in [9.17, 15) is 4.79 Å². The lowest BCUT2D eigenvalue weighted by Gasteiger charge is -2.35. The number of carbonyl (C=O) groups excluding carboxylic acids is 1. The van der Waals surface area contributed by atoms with Crippen LogP contribution in [0.4, 0.5) is 0 Å². The van der Waals surface area contributed by atoms with E-state index in [1.807, 2.05) is 6.07 Å². The number of nitriles is 1. The first kappa shape index (κ1) is 15.3. The molecule has 1 aromatic carbocycles. The Morgan fingerprint density at radius 3 is 2.81 bits per heavy atom. The van der Waals surface area contributed by atoms with E-state index < -0.39 is 0 Å². The Bertz CT molecular complexity index is 521. The number of carbonyl (C=O) groups is 1. The molecule has 1 fully saturated rings. The maximum Gasteiger partial charge on any atom is 0.258 e. The van der Waals surface area contributed by atoms with Crippen LogP contribution in [0.25, 0.3) is 0 Å². The highest BCUT2D eigenvalue weighted by Gasteiger charge is 2.25. The number of hydrogen-bond donors (Lipinski definition) is 1. The summed E-state index contributed by atoms with van der Waals surface area (Å²) in [5, 5.41) is 11.8. The van der Waals surface area contributed by atoms with Gasteiger partial charge in [0.15, 0.2) is 6.61 Å². The minimum atomic E-state index is -0.0965. The van der Waals surface area contributed by atoms with Gasteiger partial charge in [0.25, 0.3) is 5.91 Å². The molecule has 5 heteroatoms. The van der Waals surface area contributed by atoms with Crippen molar-refractivity contribution in [3.8, 4) is 11.8 Å². The smallest absolute Gasteiger partial charge is 0.258 e. The second-order valence-corrected chi connectivity index (χ2v) is 5.63. The molecule has 112 valence electrons. The lowest BCUT2D eigenvalue weighted by atomic mass is 9.94. The number of amides is 1. The summed E-state index contributed by atoms with van der Waals surface area (Å²) >= 11 is 0. The average molecular weight is 287 g/mol. The van der Waals surface area contributed by atoms with Crippen LogP contribution in [-0.2, 0) is 4.79 Å². The average Bonchev–Trinajstić information content (AvgIpc) is 2.48. The predicted octanol–water partition coefficient (Wildman–Crippen LogP) is 1.39. The van der Waals surface area contributed by atoms with E-state index >= 15 is 0 Å². The number of hydrogen-bond acceptors (Lipinski definition) is 4. The summed E-state index contributed by atoms with van der Waals surface area (Å²) < 4.78 is 5.43. The molecule has 1 aliphatic rings. The van der Waals surface area contributed by atoms with E-state index in [-0.39, 0.29) is 18.6 Å². The van der Waals surface area contributed by atoms with E-state index in [1.54, 1.807) is 24.3 Å². The zero-order valence-corrected chi connectivity index (χ0v) is 12.5. The van der Waals surface area contributed by atoms with Crippen molar-refractivity contribution in [3.05, 3.63) is 29.8 Å². The number of nitrogens with zero attached hydrogens (tertiary/aromatic N) is 2. The van der Waals surface area contributed by atoms with Gasteiger partial charge in [0.2, 0.25) is 0 Å². The molecular formula is C16H21N3O2. The van der Waals surface area contributed by atoms with Crippen molar-refractivity contribution < 1.29 is 9.53 Å². The van der Waals surface area contributed by atoms with Gasteiger partial charge in [-0.05, 0) is 50.2 Å². The summed E-state index contributed by atoms with van der Waals surface area (Å²) in [5.41, 5.74) is 0.576. The van der Waals surface area contributed by atoms with E-state index in [1.165, 1.54) is 0 Å². The van der Waals surface area contributed by atoms with E-state index in [4.69, 9.17) is 10.00 Å². The van der Waals surface area contributed by atoms with E-state index in [2.05, 4.69) is 24.2 Å². The number of ether oxygens (including phenoxy) is 1. The van der Waals surface area contributed by atoms with E-state index in [0.717, 1.165) is 19.5 Å². The molecule has 0 radical (unpaired) electrons. The molecule has 2 unspecified atom stereocenters. The Kier molecular flexibility index (Phi) is 5.18. The van der Waals surface area contributed by atoms with Crippen LogP contribution in [0, 0.1) is 17.2 Å². The summed E-state index contributed by atoms with van der Waals surface area (Å²) in [6.07, 6.45) is 0.972. The van der Waals surface area contributed by atoms with Crippen LogP contribution in [0.5, 0.6) is 5.75 Å². The second-order valence-electron chi connectivity index (χ2n) is 5.63. The highest BCUT2D eigenvalue weighted by molar-refractivity contribution is 5.77. The Morgan fingerprint density at radius 1 is 1.48 bits per heavy atom. The third-order valence-electron chi connectivity index (χ3n) is 3.81. The van der Waals surface area contributed by atoms with Crippen molar-refractivity contribution in [2.24, 2.45) is 5.92 Å². The van der Waals surface area contributed by atoms with Crippen LogP contribution in [0.3, 0.4) is 0 Å². The SMILES string of the molecule is CC1CN(C)CCC1NC(=O)COc1ccc(C#N)cc1. The van der Waals surface area contributed by atoms with Gasteiger partial charge in [0.1, 0.15) is 5.75 Å². The topological polar surface area (TPSA) is 65.4 Å². The molecule has 0 aromatic heterocycles. The van der Waals surface area contributed by atoms with Crippen LogP contribution >= 0.6 is 0 Å². The normalized spacial score (nSPS) is 22.3. The monoisotopic (exact) mass is 287 g/mol. The van der Waals surface area contributed by atoms with Crippen LogP contribution < -0.4 is 10.1 Å². The highest BCUT2D eigenvalue weighted by Crippen LogP contribution is 2.15. The molecular weight excluding hydrogens is 266 g/mol. The van der Waals surface area contributed by atoms with Crippen molar-refractivity contribution in [2.75, 3.05) is 26.7 Å². The minimum Gasteiger partial charge on any atom is -0.484 e. The molecule has 1 saturated heterocycles. The van der Waals surface area contributed by atoms with Crippen molar-refractivity contribution in [1.82, 2.24) is 10.2 Å². The number of benzene rings is 1. The molecule has 2 rings (SSSR count). The Hall–Kier alpha value is -2.06. The predicted molar refractivity (Wildman–Crippen MR) is 79.9 cm³/mol. The minimum absolute atomic E-state index is 0.00492. The van der Waals surface area contributed by atoms with Gasteiger partial charge in [-0.25, -0.2) is 0 Å². The fourth-order valence-electron chi connectivity index (χ4n) is 2.59. The van der Waals surface area contributed by atoms with Gasteiger partial charge in [0, 0.05) is 12.6 Å². The zero-order valence-electron chi connectivity index (χ0n) is 12.5. The van der Waals surface area contributed by atoms with Crippen molar-refractivity contribution in [1.29, 1.82) is 5.26 Å². The summed E-state index contributed by atoms with van der Waals surface area (Å²) in [6.45, 7) is 4.17. The van der Waals surface area contributed by atoms with Gasteiger partial charge in [-0.1, -0.05) is 6.92 Å².